The van der Waals surface area contributed by atoms with Gasteiger partial charge in [0.05, 0.1) is 19.8 Å². The van der Waals surface area contributed by atoms with Crippen LogP contribution in [0.5, 0.6) is 5.75 Å². The van der Waals surface area contributed by atoms with Gasteiger partial charge in [0.25, 0.3) is 0 Å². The van der Waals surface area contributed by atoms with E-state index in [4.69, 9.17) is 9.47 Å². The van der Waals surface area contributed by atoms with Gasteiger partial charge in [0, 0.05) is 12.1 Å². The third kappa shape index (κ3) is 6.40. The molecular formula is C17H29NO2. The summed E-state index contributed by atoms with van der Waals surface area (Å²) >= 11 is 0. The standard InChI is InChI=1S/C17H29NO2/c1-13(2)16(11-18-17(3,4)5)20-12-14-8-7-9-15(10-14)19-6/h7-10,13,16,18H,11-12H2,1-6H3. The molecule has 1 atom stereocenters. The molecule has 1 N–H and O–H groups in total. The molecule has 0 amide bonds. The lowest BCUT2D eigenvalue weighted by molar-refractivity contribution is 0.00781. The molecule has 1 unspecified atom stereocenters. The molecule has 0 aliphatic carbocycles. The maximum absolute atomic E-state index is 6.07. The Hall–Kier alpha value is -1.06. The largest absolute Gasteiger partial charge is 0.497 e. The van der Waals surface area contributed by atoms with Gasteiger partial charge in [-0.15, -0.1) is 0 Å². The predicted octanol–water partition coefficient (Wildman–Crippen LogP) is 3.62. The lowest BCUT2D eigenvalue weighted by Gasteiger charge is -2.27. The Morgan fingerprint density at radius 2 is 1.90 bits per heavy atom. The zero-order valence-electron chi connectivity index (χ0n) is 13.7. The average molecular weight is 279 g/mol. The van der Waals surface area contributed by atoms with Gasteiger partial charge in [0.2, 0.25) is 0 Å². The van der Waals surface area contributed by atoms with Crippen LogP contribution in [-0.2, 0) is 11.3 Å². The van der Waals surface area contributed by atoms with Crippen LogP contribution in [-0.4, -0.2) is 25.3 Å². The van der Waals surface area contributed by atoms with E-state index in [0.717, 1.165) is 17.9 Å². The molecule has 0 saturated heterocycles. The third-order valence-corrected chi connectivity index (χ3v) is 3.18. The van der Waals surface area contributed by atoms with Crippen LogP contribution in [0.3, 0.4) is 0 Å². The first-order valence-corrected chi connectivity index (χ1v) is 7.31. The molecule has 1 aromatic carbocycles. The fraction of sp³-hybridized carbons (Fsp3) is 0.647. The summed E-state index contributed by atoms with van der Waals surface area (Å²) in [5, 5.41) is 3.51. The Morgan fingerprint density at radius 1 is 1.20 bits per heavy atom. The second-order valence-electron chi connectivity index (χ2n) is 6.58. The van der Waals surface area contributed by atoms with E-state index in [1.807, 2.05) is 18.2 Å². The molecule has 0 fully saturated rings. The van der Waals surface area contributed by atoms with Crippen LogP contribution < -0.4 is 10.1 Å². The molecule has 3 nitrogen and oxygen atoms in total. The second-order valence-corrected chi connectivity index (χ2v) is 6.58. The van der Waals surface area contributed by atoms with Crippen molar-refractivity contribution in [2.45, 2.75) is 52.9 Å². The van der Waals surface area contributed by atoms with Gasteiger partial charge in [-0.3, -0.25) is 0 Å². The molecule has 0 heterocycles. The first kappa shape index (κ1) is 17.0. The highest BCUT2D eigenvalue weighted by Gasteiger charge is 2.17. The lowest BCUT2D eigenvalue weighted by Crippen LogP contribution is -2.43. The van der Waals surface area contributed by atoms with Gasteiger partial charge in [-0.1, -0.05) is 26.0 Å². The highest BCUT2D eigenvalue weighted by molar-refractivity contribution is 5.27. The van der Waals surface area contributed by atoms with Gasteiger partial charge in [0.1, 0.15) is 5.75 Å². The van der Waals surface area contributed by atoms with Gasteiger partial charge in [-0.05, 0) is 44.4 Å². The van der Waals surface area contributed by atoms with Crippen molar-refractivity contribution in [1.82, 2.24) is 5.32 Å². The van der Waals surface area contributed by atoms with E-state index in [2.05, 4.69) is 46.0 Å². The van der Waals surface area contributed by atoms with Crippen molar-refractivity contribution in [3.63, 3.8) is 0 Å². The highest BCUT2D eigenvalue weighted by atomic mass is 16.5. The SMILES string of the molecule is COc1cccc(COC(CNC(C)(C)C)C(C)C)c1. The minimum atomic E-state index is 0.118. The molecule has 0 aliphatic rings. The number of hydrogen-bond donors (Lipinski definition) is 1. The third-order valence-electron chi connectivity index (χ3n) is 3.18. The molecule has 0 bridgehead atoms. The van der Waals surface area contributed by atoms with Crippen molar-refractivity contribution in [2.75, 3.05) is 13.7 Å². The minimum absolute atomic E-state index is 0.118. The number of methoxy groups -OCH3 is 1. The molecule has 0 aliphatic heterocycles. The average Bonchev–Trinajstić information content (AvgIpc) is 2.37. The van der Waals surface area contributed by atoms with Gasteiger partial charge in [-0.2, -0.15) is 0 Å². The molecular weight excluding hydrogens is 250 g/mol. The fourth-order valence-corrected chi connectivity index (χ4v) is 1.86. The Labute approximate surface area is 123 Å². The van der Waals surface area contributed by atoms with Crippen molar-refractivity contribution in [3.05, 3.63) is 29.8 Å². The summed E-state index contributed by atoms with van der Waals surface area (Å²) in [5.74, 6) is 1.36. The Balaban J connectivity index is 2.53. The van der Waals surface area contributed by atoms with E-state index < -0.39 is 0 Å². The number of hydrogen-bond acceptors (Lipinski definition) is 3. The molecule has 0 saturated carbocycles. The number of benzene rings is 1. The molecule has 114 valence electrons. The molecule has 0 radical (unpaired) electrons. The smallest absolute Gasteiger partial charge is 0.119 e. The van der Waals surface area contributed by atoms with Crippen LogP contribution in [0.1, 0.15) is 40.2 Å². The fourth-order valence-electron chi connectivity index (χ4n) is 1.86. The quantitative estimate of drug-likeness (QED) is 0.827. The molecule has 1 rings (SSSR count). The zero-order chi connectivity index (χ0) is 15.2. The van der Waals surface area contributed by atoms with Crippen LogP contribution in [0.25, 0.3) is 0 Å². The normalized spacial score (nSPS) is 13.6. The first-order chi connectivity index (χ1) is 9.31. The Morgan fingerprint density at radius 3 is 2.45 bits per heavy atom. The molecule has 20 heavy (non-hydrogen) atoms. The monoisotopic (exact) mass is 279 g/mol. The van der Waals surface area contributed by atoms with Crippen molar-refractivity contribution in [1.29, 1.82) is 0 Å². The van der Waals surface area contributed by atoms with E-state index in [9.17, 15) is 0 Å². The van der Waals surface area contributed by atoms with Crippen LogP contribution in [0.15, 0.2) is 24.3 Å². The number of ether oxygens (including phenoxy) is 2. The van der Waals surface area contributed by atoms with E-state index in [-0.39, 0.29) is 11.6 Å². The van der Waals surface area contributed by atoms with Crippen molar-refractivity contribution in [3.8, 4) is 5.75 Å². The summed E-state index contributed by atoms with van der Waals surface area (Å²) in [7, 11) is 1.68. The highest BCUT2D eigenvalue weighted by Crippen LogP contribution is 2.16. The van der Waals surface area contributed by atoms with Crippen molar-refractivity contribution in [2.24, 2.45) is 5.92 Å². The maximum Gasteiger partial charge on any atom is 0.119 e. The van der Waals surface area contributed by atoms with Crippen LogP contribution >= 0.6 is 0 Å². The summed E-state index contributed by atoms with van der Waals surface area (Å²) in [6.45, 7) is 12.4. The molecule has 0 aromatic heterocycles. The van der Waals surface area contributed by atoms with Crippen molar-refractivity contribution < 1.29 is 9.47 Å². The second kappa shape index (κ2) is 7.65. The molecule has 0 spiro atoms. The van der Waals surface area contributed by atoms with Gasteiger partial charge in [0.15, 0.2) is 0 Å². The van der Waals surface area contributed by atoms with E-state index >= 15 is 0 Å². The lowest BCUT2D eigenvalue weighted by atomic mass is 10.0. The molecule has 1 aromatic rings. The predicted molar refractivity (Wildman–Crippen MR) is 84.2 cm³/mol. The zero-order valence-corrected chi connectivity index (χ0v) is 13.7. The van der Waals surface area contributed by atoms with E-state index in [0.29, 0.717) is 12.5 Å². The number of nitrogens with one attached hydrogen (secondary N) is 1. The first-order valence-electron chi connectivity index (χ1n) is 7.31. The molecule has 3 heteroatoms. The summed E-state index contributed by atoms with van der Waals surface area (Å²) in [6, 6.07) is 8.03. The van der Waals surface area contributed by atoms with Gasteiger partial charge < -0.3 is 14.8 Å². The van der Waals surface area contributed by atoms with E-state index in [1.54, 1.807) is 7.11 Å². The van der Waals surface area contributed by atoms with Gasteiger partial charge >= 0.3 is 0 Å². The van der Waals surface area contributed by atoms with Gasteiger partial charge in [-0.25, -0.2) is 0 Å². The van der Waals surface area contributed by atoms with Crippen LogP contribution in [0.4, 0.5) is 0 Å². The topological polar surface area (TPSA) is 30.5 Å². The minimum Gasteiger partial charge on any atom is -0.497 e. The summed E-state index contributed by atoms with van der Waals surface area (Å²) in [6.07, 6.45) is 0.209. The Kier molecular flexibility index (Phi) is 6.50. The summed E-state index contributed by atoms with van der Waals surface area (Å²) in [5.41, 5.74) is 1.26. The number of rotatable bonds is 7. The summed E-state index contributed by atoms with van der Waals surface area (Å²) in [4.78, 5) is 0. The maximum atomic E-state index is 6.07. The van der Waals surface area contributed by atoms with Crippen LogP contribution in [0.2, 0.25) is 0 Å². The van der Waals surface area contributed by atoms with E-state index in [1.165, 1.54) is 0 Å². The van der Waals surface area contributed by atoms with Crippen molar-refractivity contribution >= 4 is 0 Å². The van der Waals surface area contributed by atoms with Crippen LogP contribution in [0, 0.1) is 5.92 Å². The Bertz CT molecular complexity index is 396. The summed E-state index contributed by atoms with van der Waals surface area (Å²) < 4.78 is 11.3.